The minimum Gasteiger partial charge on any atom is -0.394 e. The van der Waals surface area contributed by atoms with Gasteiger partial charge in [-0.25, -0.2) is 0 Å². The summed E-state index contributed by atoms with van der Waals surface area (Å²) >= 11 is 0. The Labute approximate surface area is 80.3 Å². The van der Waals surface area contributed by atoms with Crippen molar-refractivity contribution in [1.29, 1.82) is 0 Å². The van der Waals surface area contributed by atoms with Gasteiger partial charge in [0, 0.05) is 6.07 Å². The average Bonchev–Trinajstić information content (AvgIpc) is 2.61. The second-order valence-electron chi connectivity index (χ2n) is 2.93. The van der Waals surface area contributed by atoms with Crippen molar-refractivity contribution in [1.82, 2.24) is 15.5 Å². The van der Waals surface area contributed by atoms with Crippen molar-refractivity contribution in [2.45, 2.75) is 19.4 Å². The van der Waals surface area contributed by atoms with E-state index in [4.69, 9.17) is 5.11 Å². The Hall–Kier alpha value is -1.56. The predicted octanol–water partition coefficient (Wildman–Crippen LogP) is -0.796. The number of rotatable bonds is 4. The lowest BCUT2D eigenvalue weighted by Gasteiger charge is -2.12. The first kappa shape index (κ1) is 10.5. The highest BCUT2D eigenvalue weighted by Crippen LogP contribution is 1.93. The van der Waals surface area contributed by atoms with Gasteiger partial charge < -0.3 is 10.4 Å². The zero-order chi connectivity index (χ0) is 10.6. The van der Waals surface area contributed by atoms with Crippen molar-refractivity contribution in [2.75, 3.05) is 6.61 Å². The van der Waals surface area contributed by atoms with Gasteiger partial charge >= 0.3 is 0 Å². The normalized spacial score (nSPS) is 12.4. The van der Waals surface area contributed by atoms with E-state index in [0.29, 0.717) is 6.42 Å². The Balaban J connectivity index is 2.62. The highest BCUT2D eigenvalue weighted by molar-refractivity contribution is 5.92. The van der Waals surface area contributed by atoms with Crippen LogP contribution >= 0.6 is 0 Å². The van der Waals surface area contributed by atoms with Crippen LogP contribution in [-0.4, -0.2) is 33.9 Å². The maximum atomic E-state index is 11.4. The molecule has 1 unspecified atom stereocenters. The molecule has 78 valence electrons. The second kappa shape index (κ2) is 4.61. The zero-order valence-corrected chi connectivity index (χ0v) is 7.83. The minimum absolute atomic E-state index is 0.114. The first-order chi connectivity index (χ1) is 6.67. The summed E-state index contributed by atoms with van der Waals surface area (Å²) in [5, 5.41) is 16.1. The SMILES string of the molecule is CCC(CO)NC(=O)c1cc(=O)[nH][nH]1. The molecule has 0 saturated carbocycles. The molecule has 0 aromatic carbocycles. The van der Waals surface area contributed by atoms with Crippen LogP contribution in [0.2, 0.25) is 0 Å². The molecule has 0 aliphatic rings. The van der Waals surface area contributed by atoms with E-state index >= 15 is 0 Å². The summed E-state index contributed by atoms with van der Waals surface area (Å²) < 4.78 is 0. The van der Waals surface area contributed by atoms with E-state index in [0.717, 1.165) is 0 Å². The molecule has 1 heterocycles. The van der Waals surface area contributed by atoms with Gasteiger partial charge in [-0.1, -0.05) is 6.92 Å². The molecular weight excluding hydrogens is 186 g/mol. The number of hydrogen-bond acceptors (Lipinski definition) is 3. The molecule has 1 aromatic heterocycles. The fraction of sp³-hybridized carbons (Fsp3) is 0.500. The van der Waals surface area contributed by atoms with Gasteiger partial charge in [-0.3, -0.25) is 19.8 Å². The van der Waals surface area contributed by atoms with Crippen LogP contribution in [0, 0.1) is 0 Å². The molecule has 0 fully saturated rings. The molecule has 6 nitrogen and oxygen atoms in total. The molecule has 0 saturated heterocycles. The third-order valence-electron chi connectivity index (χ3n) is 1.89. The number of carbonyl (C=O) groups is 1. The molecule has 1 atom stereocenters. The van der Waals surface area contributed by atoms with Gasteiger partial charge in [0.1, 0.15) is 5.69 Å². The fourth-order valence-corrected chi connectivity index (χ4v) is 0.994. The Morgan fingerprint density at radius 3 is 2.79 bits per heavy atom. The maximum absolute atomic E-state index is 11.4. The van der Waals surface area contributed by atoms with E-state index in [9.17, 15) is 9.59 Å². The Morgan fingerprint density at radius 2 is 2.36 bits per heavy atom. The van der Waals surface area contributed by atoms with Gasteiger partial charge in [0.15, 0.2) is 0 Å². The third kappa shape index (κ3) is 2.46. The van der Waals surface area contributed by atoms with Crippen LogP contribution in [-0.2, 0) is 0 Å². The van der Waals surface area contributed by atoms with Crippen molar-refractivity contribution < 1.29 is 9.90 Å². The quantitative estimate of drug-likeness (QED) is 0.511. The largest absolute Gasteiger partial charge is 0.394 e. The summed E-state index contributed by atoms with van der Waals surface area (Å²) in [5.41, 5.74) is -0.186. The first-order valence-corrected chi connectivity index (χ1v) is 4.36. The Morgan fingerprint density at radius 1 is 1.64 bits per heavy atom. The monoisotopic (exact) mass is 199 g/mol. The smallest absolute Gasteiger partial charge is 0.269 e. The van der Waals surface area contributed by atoms with E-state index in [1.807, 2.05) is 6.92 Å². The van der Waals surface area contributed by atoms with Crippen molar-refractivity contribution in [3.63, 3.8) is 0 Å². The molecule has 0 bridgehead atoms. The third-order valence-corrected chi connectivity index (χ3v) is 1.89. The van der Waals surface area contributed by atoms with Crippen molar-refractivity contribution >= 4 is 5.91 Å². The molecule has 1 rings (SSSR count). The Bertz CT molecular complexity index is 351. The van der Waals surface area contributed by atoms with Gasteiger partial charge in [-0.2, -0.15) is 0 Å². The van der Waals surface area contributed by atoms with E-state index in [1.54, 1.807) is 0 Å². The van der Waals surface area contributed by atoms with Gasteiger partial charge in [0.2, 0.25) is 0 Å². The summed E-state index contributed by atoms with van der Waals surface area (Å²) in [6.07, 6.45) is 0.636. The van der Waals surface area contributed by atoms with Gasteiger partial charge in [-0.05, 0) is 6.42 Å². The fourth-order valence-electron chi connectivity index (χ4n) is 0.994. The standard InChI is InChI=1S/C8H13N3O3/c1-2-5(4-12)9-8(14)6-3-7(13)11-10-6/h3,5,12H,2,4H2,1H3,(H,9,14)(H2,10,11,13). The van der Waals surface area contributed by atoms with Crippen molar-refractivity contribution in [3.8, 4) is 0 Å². The minimum atomic E-state index is -0.399. The van der Waals surface area contributed by atoms with E-state index in [1.165, 1.54) is 6.07 Å². The molecule has 1 aromatic rings. The topological polar surface area (TPSA) is 98.0 Å². The highest BCUT2D eigenvalue weighted by atomic mass is 16.3. The lowest BCUT2D eigenvalue weighted by Crippen LogP contribution is -2.37. The van der Waals surface area contributed by atoms with Gasteiger partial charge in [-0.15, -0.1) is 0 Å². The molecule has 0 aliphatic heterocycles. The van der Waals surface area contributed by atoms with Crippen LogP contribution in [0.5, 0.6) is 0 Å². The van der Waals surface area contributed by atoms with Crippen LogP contribution in [0.3, 0.4) is 0 Å². The second-order valence-corrected chi connectivity index (χ2v) is 2.93. The van der Waals surface area contributed by atoms with Gasteiger partial charge in [0.25, 0.3) is 11.5 Å². The van der Waals surface area contributed by atoms with E-state index in [-0.39, 0.29) is 23.9 Å². The van der Waals surface area contributed by atoms with Crippen LogP contribution in [0.15, 0.2) is 10.9 Å². The summed E-state index contributed by atoms with van der Waals surface area (Å²) in [6.45, 7) is 1.73. The van der Waals surface area contributed by atoms with Crippen LogP contribution in [0.1, 0.15) is 23.8 Å². The Kier molecular flexibility index (Phi) is 3.47. The van der Waals surface area contributed by atoms with Crippen LogP contribution in [0.25, 0.3) is 0 Å². The molecule has 1 amide bonds. The molecule has 0 spiro atoms. The number of aliphatic hydroxyl groups is 1. The number of aromatic amines is 2. The number of carbonyl (C=O) groups excluding carboxylic acids is 1. The molecular formula is C8H13N3O3. The van der Waals surface area contributed by atoms with Crippen molar-refractivity contribution in [2.24, 2.45) is 0 Å². The molecule has 0 radical (unpaired) electrons. The zero-order valence-electron chi connectivity index (χ0n) is 7.83. The van der Waals surface area contributed by atoms with E-state index in [2.05, 4.69) is 15.5 Å². The molecule has 14 heavy (non-hydrogen) atoms. The molecule has 0 aliphatic carbocycles. The number of hydrogen-bond donors (Lipinski definition) is 4. The maximum Gasteiger partial charge on any atom is 0.269 e. The number of aliphatic hydroxyl groups excluding tert-OH is 1. The van der Waals surface area contributed by atoms with Gasteiger partial charge in [0.05, 0.1) is 12.6 Å². The number of aromatic nitrogens is 2. The molecule has 6 heteroatoms. The highest BCUT2D eigenvalue weighted by Gasteiger charge is 2.12. The summed E-state index contributed by atoms with van der Waals surface area (Å²) in [4.78, 5) is 22.1. The number of H-pyrrole nitrogens is 2. The first-order valence-electron chi connectivity index (χ1n) is 4.36. The van der Waals surface area contributed by atoms with Crippen molar-refractivity contribution in [3.05, 3.63) is 22.1 Å². The lowest BCUT2D eigenvalue weighted by molar-refractivity contribution is 0.0910. The van der Waals surface area contributed by atoms with E-state index < -0.39 is 5.91 Å². The lowest BCUT2D eigenvalue weighted by atomic mass is 10.2. The number of nitrogens with one attached hydrogen (secondary N) is 3. The van der Waals surface area contributed by atoms with Crippen LogP contribution < -0.4 is 10.9 Å². The summed E-state index contributed by atoms with van der Waals surface area (Å²) in [5.74, 6) is -0.399. The summed E-state index contributed by atoms with van der Waals surface area (Å²) in [6, 6.07) is 0.889. The predicted molar refractivity (Wildman–Crippen MR) is 50.0 cm³/mol. The number of amides is 1. The molecule has 4 N–H and O–H groups in total. The summed E-state index contributed by atoms with van der Waals surface area (Å²) in [7, 11) is 0. The average molecular weight is 199 g/mol. The van der Waals surface area contributed by atoms with Crippen LogP contribution in [0.4, 0.5) is 0 Å².